The molecule has 41 heavy (non-hydrogen) atoms. The lowest BCUT2D eigenvalue weighted by molar-refractivity contribution is -0.870. The molecule has 0 aromatic heterocycles. The second kappa shape index (κ2) is 25.7. The first-order valence-electron chi connectivity index (χ1n) is 16.6. The number of amides is 1. The molecule has 0 bridgehead atoms. The molecule has 0 aliphatic heterocycles. The maximum absolute atomic E-state index is 12.6. The van der Waals surface area contributed by atoms with Crippen LogP contribution in [0.2, 0.25) is 0 Å². The van der Waals surface area contributed by atoms with E-state index in [1.54, 1.807) is 6.08 Å². The zero-order valence-electron chi connectivity index (χ0n) is 27.3. The smallest absolute Gasteiger partial charge is 0.387 e. The zero-order chi connectivity index (χ0) is 30.8. The van der Waals surface area contributed by atoms with Crippen molar-refractivity contribution in [3.05, 3.63) is 12.2 Å². The van der Waals surface area contributed by atoms with Crippen LogP contribution in [0.1, 0.15) is 136 Å². The first kappa shape index (κ1) is 40.2. The molecule has 3 atom stereocenters. The molecular formula is C32H66N2O6P+. The number of aliphatic hydroxyl groups is 1. The quantitative estimate of drug-likeness (QED) is 0.0350. The third kappa shape index (κ3) is 27.8. The fourth-order valence-electron chi connectivity index (χ4n) is 4.51. The molecule has 0 aromatic rings. The number of allylic oxidation sites excluding steroid dienone is 1. The second-order valence-corrected chi connectivity index (χ2v) is 14.0. The highest BCUT2D eigenvalue weighted by Gasteiger charge is 2.27. The molecular weight excluding hydrogens is 539 g/mol. The number of nitrogens with zero attached hydrogens (tertiary/aromatic N) is 1. The van der Waals surface area contributed by atoms with Gasteiger partial charge in [0.1, 0.15) is 13.2 Å². The van der Waals surface area contributed by atoms with E-state index >= 15 is 0 Å². The van der Waals surface area contributed by atoms with E-state index < -0.39 is 20.0 Å². The van der Waals surface area contributed by atoms with E-state index in [1.165, 1.54) is 77.0 Å². The number of carbonyl (C=O) groups is 1. The van der Waals surface area contributed by atoms with Crippen LogP contribution in [0.5, 0.6) is 0 Å². The molecule has 1 amide bonds. The fourth-order valence-corrected chi connectivity index (χ4v) is 5.24. The lowest BCUT2D eigenvalue weighted by Crippen LogP contribution is -2.45. The van der Waals surface area contributed by atoms with Gasteiger partial charge in [-0.2, -0.15) is 0 Å². The molecule has 1 unspecified atom stereocenters. The number of nitrogens with one attached hydrogen (secondary N) is 1. The summed E-state index contributed by atoms with van der Waals surface area (Å²) in [6.07, 6.45) is 24.2. The predicted molar refractivity (Wildman–Crippen MR) is 171 cm³/mol. The lowest BCUT2D eigenvalue weighted by atomic mass is 10.1. The van der Waals surface area contributed by atoms with Crippen LogP contribution in [0.4, 0.5) is 0 Å². The molecule has 0 aromatic carbocycles. The summed E-state index contributed by atoms with van der Waals surface area (Å²) in [5.41, 5.74) is 0. The van der Waals surface area contributed by atoms with Crippen molar-refractivity contribution in [2.75, 3.05) is 40.9 Å². The van der Waals surface area contributed by atoms with Gasteiger partial charge in [-0.25, -0.2) is 4.57 Å². The van der Waals surface area contributed by atoms with Gasteiger partial charge < -0.3 is 19.8 Å². The Balaban J connectivity index is 4.65. The summed E-state index contributed by atoms with van der Waals surface area (Å²) in [7, 11) is 1.57. The van der Waals surface area contributed by atoms with E-state index in [9.17, 15) is 19.4 Å². The molecule has 0 fully saturated rings. The van der Waals surface area contributed by atoms with E-state index in [2.05, 4.69) is 19.2 Å². The Labute approximate surface area is 252 Å². The molecule has 0 saturated carbocycles. The van der Waals surface area contributed by atoms with Crippen molar-refractivity contribution in [2.45, 2.75) is 148 Å². The molecule has 0 spiro atoms. The summed E-state index contributed by atoms with van der Waals surface area (Å²) in [5.74, 6) is -0.184. The average Bonchev–Trinajstić information content (AvgIpc) is 2.90. The van der Waals surface area contributed by atoms with Crippen molar-refractivity contribution < 1.29 is 32.9 Å². The number of hydrogen-bond acceptors (Lipinski definition) is 5. The Morgan fingerprint density at radius 3 is 1.80 bits per heavy atom. The van der Waals surface area contributed by atoms with Gasteiger partial charge in [0.2, 0.25) is 5.91 Å². The first-order valence-corrected chi connectivity index (χ1v) is 18.1. The fraction of sp³-hybridized carbons (Fsp3) is 0.906. The van der Waals surface area contributed by atoms with Crippen molar-refractivity contribution in [2.24, 2.45) is 0 Å². The molecule has 8 nitrogen and oxygen atoms in total. The Hall–Kier alpha value is -0.760. The van der Waals surface area contributed by atoms with Crippen molar-refractivity contribution >= 4 is 13.7 Å². The number of carbonyl (C=O) groups excluding carboxylic acids is 1. The molecule has 0 rings (SSSR count). The van der Waals surface area contributed by atoms with Crippen molar-refractivity contribution in [3.63, 3.8) is 0 Å². The number of phosphoric ester groups is 1. The monoisotopic (exact) mass is 605 g/mol. The summed E-state index contributed by atoms with van der Waals surface area (Å²) < 4.78 is 23.3. The van der Waals surface area contributed by atoms with E-state index in [0.29, 0.717) is 17.4 Å². The molecule has 244 valence electrons. The van der Waals surface area contributed by atoms with E-state index in [0.717, 1.165) is 38.5 Å². The van der Waals surface area contributed by atoms with Gasteiger partial charge in [0, 0.05) is 6.42 Å². The van der Waals surface area contributed by atoms with Crippen LogP contribution < -0.4 is 5.32 Å². The molecule has 0 saturated heterocycles. The summed E-state index contributed by atoms with van der Waals surface area (Å²) >= 11 is 0. The van der Waals surface area contributed by atoms with Gasteiger partial charge in [0.25, 0.3) is 0 Å². The number of quaternary nitrogens is 1. The lowest BCUT2D eigenvalue weighted by Gasteiger charge is -2.25. The van der Waals surface area contributed by atoms with Gasteiger partial charge in [0.15, 0.2) is 0 Å². The van der Waals surface area contributed by atoms with E-state index in [-0.39, 0.29) is 19.1 Å². The normalized spacial score (nSPS) is 15.2. The molecule has 3 N–H and O–H groups in total. The number of phosphoric acid groups is 1. The SMILES string of the molecule is CCCCCCCCCC/C=C/[C@@H](O)[C@H](COP(=O)(O)OCC[N+](C)(C)C)NC(=O)CCCCCCCCCCC. The van der Waals surface area contributed by atoms with Crippen LogP contribution in [0.25, 0.3) is 0 Å². The number of aliphatic hydroxyl groups excluding tert-OH is 1. The Bertz CT molecular complexity index is 698. The number of unbranched alkanes of at least 4 members (excludes halogenated alkanes) is 16. The standard InChI is InChI=1S/C32H65N2O6P/c1-6-8-10-12-14-16-18-19-21-23-25-31(35)30(29-40-41(37,38)39-28-27-34(3,4)5)33-32(36)26-24-22-20-17-15-13-11-9-7-2/h23,25,30-31,35H,6-22,24,26-29H2,1-5H3,(H-,33,36,37,38)/p+1/b25-23+/t30-,31+/m0/s1. The Kier molecular flexibility index (Phi) is 25.2. The number of rotatable bonds is 29. The number of hydrogen-bond donors (Lipinski definition) is 3. The van der Waals surface area contributed by atoms with Crippen LogP contribution in [0.15, 0.2) is 12.2 Å². The van der Waals surface area contributed by atoms with Crippen LogP contribution in [-0.2, 0) is 18.4 Å². The number of likely N-dealkylation sites (N-methyl/N-ethyl adjacent to an activating group) is 1. The molecule has 0 aliphatic rings. The van der Waals surface area contributed by atoms with E-state index in [1.807, 2.05) is 27.2 Å². The maximum atomic E-state index is 12.6. The summed E-state index contributed by atoms with van der Waals surface area (Å²) in [6, 6.07) is -0.835. The van der Waals surface area contributed by atoms with Gasteiger partial charge in [-0.3, -0.25) is 13.8 Å². The Morgan fingerprint density at radius 2 is 1.29 bits per heavy atom. The van der Waals surface area contributed by atoms with Crippen molar-refractivity contribution in [1.29, 1.82) is 0 Å². The van der Waals surface area contributed by atoms with Gasteiger partial charge in [0.05, 0.1) is 39.9 Å². The Morgan fingerprint density at radius 1 is 0.805 bits per heavy atom. The maximum Gasteiger partial charge on any atom is 0.472 e. The molecule has 0 aliphatic carbocycles. The first-order chi connectivity index (χ1) is 19.5. The molecule has 0 radical (unpaired) electrons. The van der Waals surface area contributed by atoms with Crippen molar-refractivity contribution in [3.8, 4) is 0 Å². The highest BCUT2D eigenvalue weighted by atomic mass is 31.2. The topological polar surface area (TPSA) is 105 Å². The van der Waals surface area contributed by atoms with Gasteiger partial charge in [-0.1, -0.05) is 122 Å². The van der Waals surface area contributed by atoms with Gasteiger partial charge in [-0.05, 0) is 19.3 Å². The molecule has 0 heterocycles. The largest absolute Gasteiger partial charge is 0.472 e. The second-order valence-electron chi connectivity index (χ2n) is 12.5. The van der Waals surface area contributed by atoms with Gasteiger partial charge >= 0.3 is 7.82 Å². The zero-order valence-corrected chi connectivity index (χ0v) is 28.2. The van der Waals surface area contributed by atoms with Crippen LogP contribution in [-0.4, -0.2) is 73.4 Å². The molecule has 9 heteroatoms. The van der Waals surface area contributed by atoms with Gasteiger partial charge in [-0.15, -0.1) is 0 Å². The minimum Gasteiger partial charge on any atom is -0.387 e. The van der Waals surface area contributed by atoms with Crippen LogP contribution in [0, 0.1) is 0 Å². The third-order valence-corrected chi connectivity index (χ3v) is 8.24. The highest BCUT2D eigenvalue weighted by molar-refractivity contribution is 7.47. The van der Waals surface area contributed by atoms with Crippen molar-refractivity contribution in [1.82, 2.24) is 5.32 Å². The average molecular weight is 606 g/mol. The van der Waals surface area contributed by atoms with E-state index in [4.69, 9.17) is 9.05 Å². The summed E-state index contributed by atoms with van der Waals surface area (Å²) in [5, 5.41) is 13.6. The highest BCUT2D eigenvalue weighted by Crippen LogP contribution is 2.43. The predicted octanol–water partition coefficient (Wildman–Crippen LogP) is 7.68. The minimum atomic E-state index is -4.31. The van der Waals surface area contributed by atoms with Crippen LogP contribution >= 0.6 is 7.82 Å². The van der Waals surface area contributed by atoms with Crippen LogP contribution in [0.3, 0.4) is 0 Å². The summed E-state index contributed by atoms with van der Waals surface area (Å²) in [4.78, 5) is 22.8. The minimum absolute atomic E-state index is 0.0635. The summed E-state index contributed by atoms with van der Waals surface area (Å²) in [6.45, 7) is 4.74. The third-order valence-electron chi connectivity index (χ3n) is 7.26.